The summed E-state index contributed by atoms with van der Waals surface area (Å²) in [6, 6.07) is 6.61. The van der Waals surface area contributed by atoms with Gasteiger partial charge in [-0.3, -0.25) is 4.79 Å². The van der Waals surface area contributed by atoms with E-state index < -0.39 is 15.6 Å². The highest BCUT2D eigenvalue weighted by molar-refractivity contribution is 7.89. The van der Waals surface area contributed by atoms with Gasteiger partial charge in [-0.25, -0.2) is 13.1 Å². The first-order valence-corrected chi connectivity index (χ1v) is 9.71. The molecule has 0 radical (unpaired) electrons. The first-order valence-electron chi connectivity index (χ1n) is 8.23. The van der Waals surface area contributed by atoms with Gasteiger partial charge in [-0.2, -0.15) is 0 Å². The summed E-state index contributed by atoms with van der Waals surface area (Å²) in [6.07, 6.45) is 1.87. The Labute approximate surface area is 144 Å². The molecule has 1 fully saturated rings. The normalized spacial score (nSPS) is 17.1. The minimum atomic E-state index is -3.58. The summed E-state index contributed by atoms with van der Waals surface area (Å²) in [6.45, 7) is 6.80. The highest BCUT2D eigenvalue weighted by atomic mass is 32.2. The lowest BCUT2D eigenvalue weighted by molar-refractivity contribution is 0.0707. The van der Waals surface area contributed by atoms with Gasteiger partial charge in [0.25, 0.3) is 5.91 Å². The molecule has 24 heavy (non-hydrogen) atoms. The van der Waals surface area contributed by atoms with Gasteiger partial charge in [-0.1, -0.05) is 0 Å². The van der Waals surface area contributed by atoms with E-state index in [1.54, 1.807) is 32.9 Å². The Morgan fingerprint density at radius 3 is 2.12 bits per heavy atom. The molecule has 0 aromatic heterocycles. The van der Waals surface area contributed by atoms with Gasteiger partial charge in [0.05, 0.1) is 4.90 Å². The van der Waals surface area contributed by atoms with Crippen molar-refractivity contribution in [2.45, 2.75) is 50.1 Å². The largest absolute Gasteiger partial charge is 0.339 e. The summed E-state index contributed by atoms with van der Waals surface area (Å²) in [7, 11) is -1.64. The molecule has 1 amide bonds. The number of benzene rings is 1. The Kier molecular flexibility index (Phi) is 5.67. The lowest BCUT2D eigenvalue weighted by Gasteiger charge is -2.31. The fraction of sp³-hybridized carbons (Fsp3) is 0.588. The van der Waals surface area contributed by atoms with E-state index in [0.717, 1.165) is 25.9 Å². The van der Waals surface area contributed by atoms with Crippen LogP contribution >= 0.6 is 0 Å². The van der Waals surface area contributed by atoms with Crippen LogP contribution in [0.5, 0.6) is 0 Å². The van der Waals surface area contributed by atoms with E-state index in [-0.39, 0.29) is 10.8 Å². The van der Waals surface area contributed by atoms with Crippen molar-refractivity contribution in [1.82, 2.24) is 14.9 Å². The van der Waals surface area contributed by atoms with Crippen molar-refractivity contribution in [1.29, 1.82) is 0 Å². The zero-order valence-electron chi connectivity index (χ0n) is 14.8. The van der Waals surface area contributed by atoms with E-state index in [0.29, 0.717) is 11.6 Å². The molecular weight excluding hydrogens is 326 g/mol. The minimum Gasteiger partial charge on any atom is -0.339 e. The van der Waals surface area contributed by atoms with E-state index in [1.165, 1.54) is 12.1 Å². The molecule has 0 atom stereocenters. The van der Waals surface area contributed by atoms with Crippen LogP contribution in [0.3, 0.4) is 0 Å². The molecule has 0 saturated carbocycles. The van der Waals surface area contributed by atoms with Crippen LogP contribution in [0, 0.1) is 0 Å². The van der Waals surface area contributed by atoms with Gasteiger partial charge in [-0.05, 0) is 64.9 Å². The first kappa shape index (κ1) is 18.9. The van der Waals surface area contributed by atoms with Crippen LogP contribution < -0.4 is 10.0 Å². The van der Waals surface area contributed by atoms with Crippen LogP contribution in [0.15, 0.2) is 29.2 Å². The fourth-order valence-corrected chi connectivity index (χ4v) is 4.21. The van der Waals surface area contributed by atoms with Gasteiger partial charge in [0.2, 0.25) is 10.0 Å². The predicted octanol–water partition coefficient (Wildman–Crippen LogP) is 1.59. The second-order valence-electron chi connectivity index (χ2n) is 7.24. The number of carbonyl (C=O) groups is 1. The second kappa shape index (κ2) is 7.21. The molecule has 1 aliphatic rings. The highest BCUT2D eigenvalue weighted by Crippen LogP contribution is 2.17. The van der Waals surface area contributed by atoms with Crippen molar-refractivity contribution >= 4 is 15.9 Å². The topological polar surface area (TPSA) is 78.5 Å². The smallest absolute Gasteiger partial charge is 0.253 e. The van der Waals surface area contributed by atoms with Gasteiger partial charge in [0.1, 0.15) is 0 Å². The third-order valence-corrected chi connectivity index (χ3v) is 5.82. The quantitative estimate of drug-likeness (QED) is 0.862. The molecule has 1 heterocycles. The summed E-state index contributed by atoms with van der Waals surface area (Å²) >= 11 is 0. The van der Waals surface area contributed by atoms with Crippen molar-refractivity contribution < 1.29 is 13.2 Å². The summed E-state index contributed by atoms with van der Waals surface area (Å²) in [4.78, 5) is 14.5. The maximum atomic E-state index is 12.5. The number of hydrogen-bond donors (Lipinski definition) is 2. The van der Waals surface area contributed by atoms with Crippen molar-refractivity contribution in [2.75, 3.05) is 20.1 Å². The maximum Gasteiger partial charge on any atom is 0.253 e. The van der Waals surface area contributed by atoms with Crippen molar-refractivity contribution in [3.8, 4) is 0 Å². The van der Waals surface area contributed by atoms with E-state index in [2.05, 4.69) is 10.0 Å². The fourth-order valence-electron chi connectivity index (χ4n) is 2.79. The SMILES string of the molecule is CNC1CCN(C(=O)c2ccc(S(=O)(=O)NC(C)(C)C)cc2)CC1. The van der Waals surface area contributed by atoms with Crippen LogP contribution in [-0.2, 0) is 10.0 Å². The molecule has 0 aliphatic carbocycles. The molecule has 1 aliphatic heterocycles. The van der Waals surface area contributed by atoms with Gasteiger partial charge < -0.3 is 10.2 Å². The van der Waals surface area contributed by atoms with E-state index in [1.807, 2.05) is 11.9 Å². The van der Waals surface area contributed by atoms with Crippen LogP contribution in [-0.4, -0.2) is 50.9 Å². The molecule has 1 aromatic carbocycles. The number of nitrogens with zero attached hydrogens (tertiary/aromatic N) is 1. The summed E-state index contributed by atoms with van der Waals surface area (Å²) < 4.78 is 27.2. The van der Waals surface area contributed by atoms with Gasteiger partial charge in [0, 0.05) is 30.2 Å². The number of carbonyl (C=O) groups excluding carboxylic acids is 1. The minimum absolute atomic E-state index is 0.0442. The molecule has 0 bridgehead atoms. The van der Waals surface area contributed by atoms with Gasteiger partial charge in [-0.15, -0.1) is 0 Å². The molecule has 2 N–H and O–H groups in total. The lowest BCUT2D eigenvalue weighted by Crippen LogP contribution is -2.44. The molecule has 7 heteroatoms. The number of hydrogen-bond acceptors (Lipinski definition) is 4. The van der Waals surface area contributed by atoms with E-state index in [4.69, 9.17) is 0 Å². The van der Waals surface area contributed by atoms with Gasteiger partial charge in [0.15, 0.2) is 0 Å². The zero-order valence-corrected chi connectivity index (χ0v) is 15.6. The summed E-state index contributed by atoms with van der Waals surface area (Å²) in [5.41, 5.74) is -0.0297. The third-order valence-electron chi connectivity index (χ3n) is 4.04. The third kappa shape index (κ3) is 4.78. The second-order valence-corrected chi connectivity index (χ2v) is 8.92. The zero-order chi connectivity index (χ0) is 18.0. The number of sulfonamides is 1. The highest BCUT2D eigenvalue weighted by Gasteiger charge is 2.24. The number of likely N-dealkylation sites (tertiary alicyclic amines) is 1. The number of nitrogens with one attached hydrogen (secondary N) is 2. The molecule has 0 unspecified atom stereocenters. The molecule has 1 aromatic rings. The van der Waals surface area contributed by atoms with Gasteiger partial charge >= 0.3 is 0 Å². The molecule has 134 valence electrons. The Morgan fingerprint density at radius 1 is 1.12 bits per heavy atom. The van der Waals surface area contributed by atoms with Crippen LogP contribution in [0.4, 0.5) is 0 Å². The van der Waals surface area contributed by atoms with Crippen LogP contribution in [0.25, 0.3) is 0 Å². The van der Waals surface area contributed by atoms with E-state index >= 15 is 0 Å². The molecule has 6 nitrogen and oxygen atoms in total. The Balaban J connectivity index is 2.08. The van der Waals surface area contributed by atoms with Crippen LogP contribution in [0.2, 0.25) is 0 Å². The van der Waals surface area contributed by atoms with Crippen LogP contribution in [0.1, 0.15) is 44.0 Å². The summed E-state index contributed by atoms with van der Waals surface area (Å²) in [5.74, 6) is -0.0442. The monoisotopic (exact) mass is 353 g/mol. The Morgan fingerprint density at radius 2 is 1.67 bits per heavy atom. The Hall–Kier alpha value is -1.44. The first-order chi connectivity index (χ1) is 11.1. The molecule has 1 saturated heterocycles. The Bertz CT molecular complexity index is 670. The number of amides is 1. The van der Waals surface area contributed by atoms with Crippen molar-refractivity contribution in [3.05, 3.63) is 29.8 Å². The number of piperidine rings is 1. The van der Waals surface area contributed by atoms with Crippen molar-refractivity contribution in [3.63, 3.8) is 0 Å². The standard InChI is InChI=1S/C17H27N3O3S/c1-17(2,3)19-24(22,23)15-7-5-13(6-8-15)16(21)20-11-9-14(18-4)10-12-20/h5-8,14,18-19H,9-12H2,1-4H3. The average molecular weight is 353 g/mol. The summed E-state index contributed by atoms with van der Waals surface area (Å²) in [5, 5.41) is 3.23. The van der Waals surface area contributed by atoms with E-state index in [9.17, 15) is 13.2 Å². The molecule has 2 rings (SSSR count). The molecular formula is C17H27N3O3S. The number of rotatable bonds is 4. The average Bonchev–Trinajstić information content (AvgIpc) is 2.52. The maximum absolute atomic E-state index is 12.5. The predicted molar refractivity (Wildman–Crippen MR) is 94.5 cm³/mol. The lowest BCUT2D eigenvalue weighted by atomic mass is 10.0. The van der Waals surface area contributed by atoms with Crippen molar-refractivity contribution in [2.24, 2.45) is 0 Å². The molecule has 0 spiro atoms.